The Morgan fingerprint density at radius 1 is 0.905 bits per heavy atom. The highest BCUT2D eigenvalue weighted by Gasteiger charge is 2.17. The van der Waals surface area contributed by atoms with Crippen molar-refractivity contribution in [3.63, 3.8) is 0 Å². The van der Waals surface area contributed by atoms with E-state index in [-0.39, 0.29) is 5.82 Å². The van der Waals surface area contributed by atoms with E-state index in [9.17, 15) is 4.39 Å². The van der Waals surface area contributed by atoms with Gasteiger partial charge in [0.2, 0.25) is 0 Å². The molecule has 1 atom stereocenters. The molecule has 0 aromatic heterocycles. The van der Waals surface area contributed by atoms with Crippen LogP contribution < -0.4 is 5.73 Å². The van der Waals surface area contributed by atoms with E-state index in [2.05, 4.69) is 28.9 Å². The van der Waals surface area contributed by atoms with Crippen LogP contribution in [0.5, 0.6) is 0 Å². The van der Waals surface area contributed by atoms with E-state index >= 15 is 0 Å². The van der Waals surface area contributed by atoms with Gasteiger partial charge in [0.05, 0.1) is 10.5 Å². The fraction of sp³-hybridized carbons (Fsp3) is 0.111. The number of fused-ring (bicyclic) bond motifs is 1. The first-order valence-corrected chi connectivity index (χ1v) is 7.56. The Kier molecular flexibility index (Phi) is 3.79. The van der Waals surface area contributed by atoms with Gasteiger partial charge in [0.1, 0.15) is 5.82 Å². The predicted molar refractivity (Wildman–Crippen MR) is 88.8 cm³/mol. The summed E-state index contributed by atoms with van der Waals surface area (Å²) in [5, 5.41) is 2.23. The summed E-state index contributed by atoms with van der Waals surface area (Å²) in [4.78, 5) is 0. The second kappa shape index (κ2) is 5.58. The molecule has 0 spiro atoms. The highest BCUT2D eigenvalue weighted by atomic mass is 79.9. The van der Waals surface area contributed by atoms with Crippen molar-refractivity contribution in [1.82, 2.24) is 0 Å². The summed E-state index contributed by atoms with van der Waals surface area (Å²) in [6.07, 6.45) is 0. The van der Waals surface area contributed by atoms with E-state index in [1.54, 1.807) is 18.2 Å². The zero-order valence-corrected chi connectivity index (χ0v) is 13.2. The second-order valence-electron chi connectivity index (χ2n) is 5.14. The van der Waals surface area contributed by atoms with Gasteiger partial charge in [-0.05, 0) is 50.8 Å². The van der Waals surface area contributed by atoms with Crippen molar-refractivity contribution in [2.45, 2.75) is 13.0 Å². The summed E-state index contributed by atoms with van der Waals surface area (Å²) in [7, 11) is 0. The molecule has 1 nitrogen and oxygen atoms in total. The molecule has 0 radical (unpaired) electrons. The SMILES string of the molecule is Cc1ccc(C(N)c2cccc(Br)c2F)c2ccccc12. The minimum Gasteiger partial charge on any atom is -0.320 e. The number of aryl methyl sites for hydroxylation is 1. The van der Waals surface area contributed by atoms with Crippen LogP contribution in [0.3, 0.4) is 0 Å². The van der Waals surface area contributed by atoms with Crippen LogP contribution in [0.25, 0.3) is 10.8 Å². The monoisotopic (exact) mass is 343 g/mol. The third kappa shape index (κ3) is 2.47. The molecule has 0 fully saturated rings. The number of halogens is 2. The van der Waals surface area contributed by atoms with Crippen LogP contribution in [0, 0.1) is 12.7 Å². The Morgan fingerprint density at radius 2 is 1.62 bits per heavy atom. The molecule has 0 heterocycles. The largest absolute Gasteiger partial charge is 0.320 e. The van der Waals surface area contributed by atoms with Crippen LogP contribution in [0.15, 0.2) is 59.1 Å². The summed E-state index contributed by atoms with van der Waals surface area (Å²) in [5.74, 6) is -0.297. The molecule has 0 saturated heterocycles. The average Bonchev–Trinajstić information content (AvgIpc) is 2.50. The molecule has 3 aromatic carbocycles. The Hall–Kier alpha value is -1.71. The molecular weight excluding hydrogens is 329 g/mol. The fourth-order valence-electron chi connectivity index (χ4n) is 2.67. The lowest BCUT2D eigenvalue weighted by Crippen LogP contribution is -2.14. The zero-order chi connectivity index (χ0) is 15.0. The molecule has 0 aliphatic heterocycles. The van der Waals surface area contributed by atoms with Gasteiger partial charge in [-0.1, -0.05) is 48.5 Å². The summed E-state index contributed by atoms with van der Waals surface area (Å²) in [6, 6.07) is 16.8. The maximum Gasteiger partial charge on any atom is 0.142 e. The molecule has 3 heteroatoms. The molecule has 3 aromatic rings. The number of rotatable bonds is 2. The molecule has 2 N–H and O–H groups in total. The van der Waals surface area contributed by atoms with Gasteiger partial charge in [0.15, 0.2) is 0 Å². The van der Waals surface area contributed by atoms with Crippen LogP contribution in [-0.2, 0) is 0 Å². The maximum atomic E-state index is 14.3. The molecule has 0 aliphatic carbocycles. The van der Waals surface area contributed by atoms with Crippen molar-refractivity contribution in [3.8, 4) is 0 Å². The second-order valence-corrected chi connectivity index (χ2v) is 5.99. The molecule has 0 aliphatic rings. The van der Waals surface area contributed by atoms with Crippen molar-refractivity contribution >= 4 is 26.7 Å². The number of hydrogen-bond donors (Lipinski definition) is 1. The Labute approximate surface area is 131 Å². The van der Waals surface area contributed by atoms with Crippen LogP contribution in [0.2, 0.25) is 0 Å². The summed E-state index contributed by atoms with van der Waals surface area (Å²) < 4.78 is 14.7. The summed E-state index contributed by atoms with van der Waals surface area (Å²) in [6.45, 7) is 2.07. The number of benzene rings is 3. The highest BCUT2D eigenvalue weighted by molar-refractivity contribution is 9.10. The molecule has 3 rings (SSSR count). The topological polar surface area (TPSA) is 26.0 Å². The van der Waals surface area contributed by atoms with E-state index in [0.29, 0.717) is 10.0 Å². The van der Waals surface area contributed by atoms with Gasteiger partial charge in [-0.3, -0.25) is 0 Å². The van der Waals surface area contributed by atoms with Crippen molar-refractivity contribution < 1.29 is 4.39 Å². The predicted octanol–water partition coefficient (Wildman–Crippen LogP) is 5.10. The third-order valence-electron chi connectivity index (χ3n) is 3.83. The normalized spacial score (nSPS) is 12.6. The molecule has 0 amide bonds. The first-order valence-electron chi connectivity index (χ1n) is 6.77. The van der Waals surface area contributed by atoms with E-state index in [1.165, 1.54) is 5.56 Å². The lowest BCUT2D eigenvalue weighted by Gasteiger charge is -2.17. The summed E-state index contributed by atoms with van der Waals surface area (Å²) in [5.41, 5.74) is 8.97. The minimum atomic E-state index is -0.493. The third-order valence-corrected chi connectivity index (χ3v) is 4.44. The zero-order valence-electron chi connectivity index (χ0n) is 11.6. The van der Waals surface area contributed by atoms with Gasteiger partial charge < -0.3 is 5.73 Å². The summed E-state index contributed by atoms with van der Waals surface area (Å²) >= 11 is 3.22. The fourth-order valence-corrected chi connectivity index (χ4v) is 3.05. The Balaban J connectivity index is 2.21. The first kappa shape index (κ1) is 14.2. The first-order chi connectivity index (χ1) is 10.1. The van der Waals surface area contributed by atoms with Gasteiger partial charge in [0.25, 0.3) is 0 Å². The van der Waals surface area contributed by atoms with Crippen molar-refractivity contribution in [3.05, 3.63) is 81.6 Å². The van der Waals surface area contributed by atoms with Gasteiger partial charge in [-0.2, -0.15) is 0 Å². The Bertz CT molecular complexity index is 813. The van der Waals surface area contributed by atoms with Crippen LogP contribution >= 0.6 is 15.9 Å². The smallest absolute Gasteiger partial charge is 0.142 e. The number of hydrogen-bond acceptors (Lipinski definition) is 1. The van der Waals surface area contributed by atoms with Gasteiger partial charge in [0, 0.05) is 5.56 Å². The van der Waals surface area contributed by atoms with Crippen molar-refractivity contribution in [2.24, 2.45) is 5.73 Å². The van der Waals surface area contributed by atoms with E-state index in [0.717, 1.165) is 16.3 Å². The van der Waals surface area contributed by atoms with Crippen molar-refractivity contribution in [2.75, 3.05) is 0 Å². The lowest BCUT2D eigenvalue weighted by molar-refractivity contribution is 0.594. The van der Waals surface area contributed by atoms with E-state index in [1.807, 2.05) is 30.3 Å². The highest BCUT2D eigenvalue weighted by Crippen LogP contribution is 2.32. The van der Waals surface area contributed by atoms with Gasteiger partial charge in [-0.15, -0.1) is 0 Å². The number of nitrogens with two attached hydrogens (primary N) is 1. The molecule has 106 valence electrons. The molecule has 0 bridgehead atoms. The Morgan fingerprint density at radius 3 is 2.38 bits per heavy atom. The van der Waals surface area contributed by atoms with E-state index < -0.39 is 6.04 Å². The van der Waals surface area contributed by atoms with Gasteiger partial charge >= 0.3 is 0 Å². The molecule has 0 saturated carbocycles. The average molecular weight is 344 g/mol. The lowest BCUT2D eigenvalue weighted by atomic mass is 9.92. The molecule has 21 heavy (non-hydrogen) atoms. The standard InChI is InChI=1S/C18H15BrFN/c1-11-9-10-14(13-6-3-2-5-12(11)13)18(21)15-7-4-8-16(19)17(15)20/h2-10,18H,21H2,1H3. The molecular formula is C18H15BrFN. The van der Waals surface area contributed by atoms with Crippen molar-refractivity contribution in [1.29, 1.82) is 0 Å². The van der Waals surface area contributed by atoms with Gasteiger partial charge in [-0.25, -0.2) is 4.39 Å². The maximum absolute atomic E-state index is 14.3. The molecule has 1 unspecified atom stereocenters. The van der Waals surface area contributed by atoms with E-state index in [4.69, 9.17) is 5.73 Å². The van der Waals surface area contributed by atoms with Crippen LogP contribution in [-0.4, -0.2) is 0 Å². The van der Waals surface area contributed by atoms with Crippen LogP contribution in [0.4, 0.5) is 4.39 Å². The quantitative estimate of drug-likeness (QED) is 0.688. The van der Waals surface area contributed by atoms with Crippen LogP contribution in [0.1, 0.15) is 22.7 Å². The minimum absolute atomic E-state index is 0.297.